The van der Waals surface area contributed by atoms with E-state index in [0.29, 0.717) is 29.3 Å². The standard InChI is InChI=1S/C23H24N2O4S/c1-16-9-10-20(21(14-16)28-2)29-12-11-22(26)24-18-7-3-4-8-19(18)25-23(27)15-17-6-5-13-30-17/h3-10,13-14H,11-12,15H2,1-2H3,(H,24,26)(H,25,27). The number of para-hydroxylation sites is 2. The molecule has 3 rings (SSSR count). The van der Waals surface area contributed by atoms with Crippen molar-refractivity contribution < 1.29 is 19.1 Å². The average molecular weight is 425 g/mol. The summed E-state index contributed by atoms with van der Waals surface area (Å²) in [6.45, 7) is 2.18. The number of amides is 2. The maximum Gasteiger partial charge on any atom is 0.229 e. The molecule has 3 aromatic rings. The Morgan fingerprint density at radius 3 is 2.33 bits per heavy atom. The van der Waals surface area contributed by atoms with Crippen LogP contribution in [0.2, 0.25) is 0 Å². The SMILES string of the molecule is COc1cc(C)ccc1OCCC(=O)Nc1ccccc1NC(=O)Cc1cccs1. The minimum Gasteiger partial charge on any atom is -0.493 e. The molecule has 0 aliphatic rings. The number of thiophene rings is 1. The van der Waals surface area contributed by atoms with Crippen molar-refractivity contribution in [2.45, 2.75) is 19.8 Å². The lowest BCUT2D eigenvalue weighted by atomic mass is 10.2. The van der Waals surface area contributed by atoms with Gasteiger partial charge in [-0.25, -0.2) is 0 Å². The Hall–Kier alpha value is -3.32. The molecule has 2 amide bonds. The Bertz CT molecular complexity index is 1000. The topological polar surface area (TPSA) is 76.7 Å². The van der Waals surface area contributed by atoms with Gasteiger partial charge in [0.25, 0.3) is 0 Å². The molecule has 0 saturated carbocycles. The number of hydrogen-bond acceptors (Lipinski definition) is 5. The molecule has 0 bridgehead atoms. The fourth-order valence-electron chi connectivity index (χ4n) is 2.83. The van der Waals surface area contributed by atoms with Gasteiger partial charge >= 0.3 is 0 Å². The summed E-state index contributed by atoms with van der Waals surface area (Å²) in [5.74, 6) is 0.890. The third-order valence-corrected chi connectivity index (χ3v) is 5.17. The van der Waals surface area contributed by atoms with E-state index in [-0.39, 0.29) is 24.8 Å². The molecule has 0 saturated heterocycles. The molecule has 156 valence electrons. The van der Waals surface area contributed by atoms with Crippen LogP contribution in [0, 0.1) is 6.92 Å². The third-order valence-electron chi connectivity index (χ3n) is 4.30. The summed E-state index contributed by atoms with van der Waals surface area (Å²) in [5.41, 5.74) is 2.18. The number of nitrogens with one attached hydrogen (secondary N) is 2. The van der Waals surface area contributed by atoms with Crippen LogP contribution in [0.15, 0.2) is 60.0 Å². The quantitative estimate of drug-likeness (QED) is 0.524. The van der Waals surface area contributed by atoms with Crippen molar-refractivity contribution in [3.05, 3.63) is 70.4 Å². The zero-order chi connectivity index (χ0) is 21.3. The Labute approximate surface area is 179 Å². The zero-order valence-electron chi connectivity index (χ0n) is 16.9. The fraction of sp³-hybridized carbons (Fsp3) is 0.217. The van der Waals surface area contributed by atoms with E-state index < -0.39 is 0 Å². The first-order valence-electron chi connectivity index (χ1n) is 9.53. The molecule has 0 atom stereocenters. The number of benzene rings is 2. The van der Waals surface area contributed by atoms with Crippen LogP contribution >= 0.6 is 11.3 Å². The van der Waals surface area contributed by atoms with Crippen LogP contribution in [0.1, 0.15) is 16.9 Å². The van der Waals surface area contributed by atoms with E-state index in [0.717, 1.165) is 10.4 Å². The van der Waals surface area contributed by atoms with Crippen molar-refractivity contribution in [1.29, 1.82) is 0 Å². The Balaban J connectivity index is 1.53. The summed E-state index contributed by atoms with van der Waals surface area (Å²) >= 11 is 1.53. The number of methoxy groups -OCH3 is 1. The first-order chi connectivity index (χ1) is 14.5. The summed E-state index contributed by atoms with van der Waals surface area (Å²) in [6.07, 6.45) is 0.459. The van der Waals surface area contributed by atoms with Crippen LogP contribution in [-0.2, 0) is 16.0 Å². The number of carbonyl (C=O) groups is 2. The van der Waals surface area contributed by atoms with Crippen LogP contribution in [-0.4, -0.2) is 25.5 Å². The smallest absolute Gasteiger partial charge is 0.229 e. The number of carbonyl (C=O) groups excluding carboxylic acids is 2. The predicted molar refractivity (Wildman–Crippen MR) is 120 cm³/mol. The van der Waals surface area contributed by atoms with Crippen molar-refractivity contribution in [2.24, 2.45) is 0 Å². The second kappa shape index (κ2) is 10.5. The van der Waals surface area contributed by atoms with Gasteiger partial charge in [0, 0.05) is 4.88 Å². The Morgan fingerprint density at radius 2 is 1.67 bits per heavy atom. The number of ether oxygens (including phenoxy) is 2. The van der Waals surface area contributed by atoms with Gasteiger partial charge in [0.15, 0.2) is 11.5 Å². The van der Waals surface area contributed by atoms with E-state index in [9.17, 15) is 9.59 Å². The van der Waals surface area contributed by atoms with Gasteiger partial charge in [0.05, 0.1) is 37.9 Å². The largest absolute Gasteiger partial charge is 0.493 e. The second-order valence-corrected chi connectivity index (χ2v) is 7.68. The summed E-state index contributed by atoms with van der Waals surface area (Å²) in [7, 11) is 1.58. The van der Waals surface area contributed by atoms with E-state index in [2.05, 4.69) is 10.6 Å². The van der Waals surface area contributed by atoms with Crippen LogP contribution in [0.4, 0.5) is 11.4 Å². The summed E-state index contributed by atoms with van der Waals surface area (Å²) in [4.78, 5) is 25.6. The van der Waals surface area contributed by atoms with Crippen molar-refractivity contribution in [3.8, 4) is 11.5 Å². The van der Waals surface area contributed by atoms with E-state index in [1.54, 1.807) is 25.3 Å². The average Bonchev–Trinajstić information content (AvgIpc) is 3.23. The summed E-state index contributed by atoms with van der Waals surface area (Å²) in [6, 6.07) is 16.6. The molecule has 0 fully saturated rings. The van der Waals surface area contributed by atoms with E-state index in [1.165, 1.54) is 11.3 Å². The Kier molecular flexibility index (Phi) is 7.45. The highest BCUT2D eigenvalue weighted by Crippen LogP contribution is 2.28. The third kappa shape index (κ3) is 6.09. The van der Waals surface area contributed by atoms with Gasteiger partial charge in [0.2, 0.25) is 11.8 Å². The highest BCUT2D eigenvalue weighted by atomic mass is 32.1. The maximum atomic E-state index is 12.4. The summed E-state index contributed by atoms with van der Waals surface area (Å²) < 4.78 is 11.0. The van der Waals surface area contributed by atoms with Crippen molar-refractivity contribution in [1.82, 2.24) is 0 Å². The van der Waals surface area contributed by atoms with E-state index in [1.807, 2.05) is 48.7 Å². The minimum absolute atomic E-state index is 0.131. The lowest BCUT2D eigenvalue weighted by Gasteiger charge is -2.13. The highest BCUT2D eigenvalue weighted by molar-refractivity contribution is 7.10. The normalized spacial score (nSPS) is 10.3. The van der Waals surface area contributed by atoms with Gasteiger partial charge in [-0.05, 0) is 48.2 Å². The molecule has 30 heavy (non-hydrogen) atoms. The molecule has 2 aromatic carbocycles. The number of anilines is 2. The van der Waals surface area contributed by atoms with Crippen molar-refractivity contribution >= 4 is 34.5 Å². The lowest BCUT2D eigenvalue weighted by molar-refractivity contribution is -0.117. The fourth-order valence-corrected chi connectivity index (χ4v) is 3.53. The first-order valence-corrected chi connectivity index (χ1v) is 10.4. The van der Waals surface area contributed by atoms with Crippen LogP contribution in [0.3, 0.4) is 0 Å². The number of rotatable bonds is 9. The lowest BCUT2D eigenvalue weighted by Crippen LogP contribution is -2.19. The first kappa shape index (κ1) is 21.4. The molecule has 0 aliphatic heterocycles. The van der Waals surface area contributed by atoms with Crippen molar-refractivity contribution in [3.63, 3.8) is 0 Å². The highest BCUT2D eigenvalue weighted by Gasteiger charge is 2.11. The minimum atomic E-state index is -0.207. The number of hydrogen-bond donors (Lipinski definition) is 2. The molecule has 2 N–H and O–H groups in total. The molecular formula is C23H24N2O4S. The molecule has 0 radical (unpaired) electrons. The van der Waals surface area contributed by atoms with Crippen LogP contribution in [0.5, 0.6) is 11.5 Å². The van der Waals surface area contributed by atoms with Gasteiger partial charge in [-0.3, -0.25) is 9.59 Å². The molecule has 6 nitrogen and oxygen atoms in total. The van der Waals surface area contributed by atoms with Crippen molar-refractivity contribution in [2.75, 3.05) is 24.4 Å². The Morgan fingerprint density at radius 1 is 0.933 bits per heavy atom. The predicted octanol–water partition coefficient (Wildman–Crippen LogP) is 4.65. The van der Waals surface area contributed by atoms with Gasteiger partial charge in [-0.1, -0.05) is 24.3 Å². The van der Waals surface area contributed by atoms with Crippen LogP contribution in [0.25, 0.3) is 0 Å². The molecule has 0 spiro atoms. The summed E-state index contributed by atoms with van der Waals surface area (Å²) in [5, 5.41) is 7.63. The molecule has 0 unspecified atom stereocenters. The molecule has 0 aliphatic carbocycles. The van der Waals surface area contributed by atoms with Gasteiger partial charge < -0.3 is 20.1 Å². The van der Waals surface area contributed by atoms with Gasteiger partial charge in [-0.2, -0.15) is 0 Å². The molecule has 7 heteroatoms. The van der Waals surface area contributed by atoms with Crippen LogP contribution < -0.4 is 20.1 Å². The second-order valence-electron chi connectivity index (χ2n) is 6.65. The molecular weight excluding hydrogens is 400 g/mol. The van der Waals surface area contributed by atoms with Gasteiger partial charge in [-0.15, -0.1) is 11.3 Å². The monoisotopic (exact) mass is 424 g/mol. The molecule has 1 aromatic heterocycles. The van der Waals surface area contributed by atoms with E-state index in [4.69, 9.17) is 9.47 Å². The molecule has 1 heterocycles. The zero-order valence-corrected chi connectivity index (χ0v) is 17.8. The number of aryl methyl sites for hydroxylation is 1. The van der Waals surface area contributed by atoms with E-state index >= 15 is 0 Å². The van der Waals surface area contributed by atoms with Gasteiger partial charge in [0.1, 0.15) is 0 Å². The maximum absolute atomic E-state index is 12.4.